The summed E-state index contributed by atoms with van der Waals surface area (Å²) in [5.41, 5.74) is 0.868. The Morgan fingerprint density at radius 1 is 1.32 bits per heavy atom. The van der Waals surface area contributed by atoms with Gasteiger partial charge in [-0.1, -0.05) is 42.2 Å². The number of nitrogens with zero attached hydrogens (tertiary/aromatic N) is 2. The van der Waals surface area contributed by atoms with Gasteiger partial charge in [0.1, 0.15) is 5.75 Å². The lowest BCUT2D eigenvalue weighted by Crippen LogP contribution is -2.50. The third-order valence-corrected chi connectivity index (χ3v) is 4.75. The van der Waals surface area contributed by atoms with E-state index in [1.165, 1.54) is 11.8 Å². The summed E-state index contributed by atoms with van der Waals surface area (Å²) in [7, 11) is 1.62. The first-order valence-electron chi connectivity index (χ1n) is 6.94. The molecule has 0 saturated carbocycles. The van der Waals surface area contributed by atoms with Crippen LogP contribution in [-0.2, 0) is 9.53 Å². The van der Waals surface area contributed by atoms with Gasteiger partial charge >= 0.3 is 0 Å². The van der Waals surface area contributed by atoms with Gasteiger partial charge in [-0.05, 0) is 12.1 Å². The van der Waals surface area contributed by atoms with Crippen LogP contribution >= 0.6 is 24.0 Å². The average molecular weight is 336 g/mol. The van der Waals surface area contributed by atoms with Gasteiger partial charge in [-0.25, -0.2) is 10.0 Å². The van der Waals surface area contributed by atoms with Gasteiger partial charge in [-0.15, -0.1) is 0 Å². The summed E-state index contributed by atoms with van der Waals surface area (Å²) in [6.45, 7) is 2.58. The van der Waals surface area contributed by atoms with E-state index in [4.69, 9.17) is 21.7 Å². The Bertz CT molecular complexity index is 627. The molecule has 2 aliphatic heterocycles. The molecule has 0 aromatic heterocycles. The highest BCUT2D eigenvalue weighted by atomic mass is 32.2. The van der Waals surface area contributed by atoms with Crippen LogP contribution in [-0.4, -0.2) is 53.7 Å². The van der Waals surface area contributed by atoms with Crippen LogP contribution < -0.4 is 4.74 Å². The first-order valence-corrected chi connectivity index (χ1v) is 8.17. The molecule has 0 bridgehead atoms. The van der Waals surface area contributed by atoms with Gasteiger partial charge < -0.3 is 9.47 Å². The first kappa shape index (κ1) is 15.5. The Hall–Kier alpha value is -1.41. The van der Waals surface area contributed by atoms with Crippen LogP contribution in [0.5, 0.6) is 5.75 Å². The minimum atomic E-state index is -0.0807. The Morgan fingerprint density at radius 3 is 2.77 bits per heavy atom. The van der Waals surface area contributed by atoms with E-state index in [0.29, 0.717) is 35.5 Å². The standard InChI is InChI=1S/C15H16N2O3S2/c1-19-12-5-3-2-4-11(12)10-13-14(18)17(15(21)22-13)16-6-8-20-9-7-16/h2-5,10H,6-9H2,1H3. The number of methoxy groups -OCH3 is 1. The number of thiocarbonyl (C=S) groups is 1. The molecule has 0 atom stereocenters. The number of carbonyl (C=O) groups excluding carboxylic acids is 1. The van der Waals surface area contributed by atoms with Gasteiger partial charge in [0, 0.05) is 18.7 Å². The van der Waals surface area contributed by atoms with Crippen LogP contribution in [0.4, 0.5) is 0 Å². The van der Waals surface area contributed by atoms with E-state index in [1.54, 1.807) is 12.1 Å². The molecular formula is C15H16N2O3S2. The lowest BCUT2D eigenvalue weighted by molar-refractivity contribution is -0.138. The van der Waals surface area contributed by atoms with Crippen molar-refractivity contribution in [3.8, 4) is 5.75 Å². The Kier molecular flexibility index (Phi) is 4.77. The quantitative estimate of drug-likeness (QED) is 0.622. The van der Waals surface area contributed by atoms with Gasteiger partial charge in [-0.2, -0.15) is 0 Å². The molecule has 22 heavy (non-hydrogen) atoms. The predicted molar refractivity (Wildman–Crippen MR) is 90.4 cm³/mol. The largest absolute Gasteiger partial charge is 0.496 e. The fourth-order valence-corrected chi connectivity index (χ4v) is 3.68. The second-order valence-electron chi connectivity index (χ2n) is 4.80. The maximum absolute atomic E-state index is 12.6. The number of para-hydroxylation sites is 1. The van der Waals surface area contributed by atoms with Crippen molar-refractivity contribution in [1.82, 2.24) is 10.0 Å². The van der Waals surface area contributed by atoms with Crippen LogP contribution in [0.3, 0.4) is 0 Å². The third-order valence-electron chi connectivity index (χ3n) is 3.47. The van der Waals surface area contributed by atoms with E-state index in [-0.39, 0.29) is 5.91 Å². The van der Waals surface area contributed by atoms with Gasteiger partial charge in [0.2, 0.25) is 0 Å². The zero-order valence-electron chi connectivity index (χ0n) is 12.2. The second kappa shape index (κ2) is 6.78. The van der Waals surface area contributed by atoms with Crippen LogP contribution in [0, 0.1) is 0 Å². The van der Waals surface area contributed by atoms with Crippen molar-refractivity contribution in [2.45, 2.75) is 0 Å². The fraction of sp³-hybridized carbons (Fsp3) is 0.333. The first-order chi connectivity index (χ1) is 10.7. The van der Waals surface area contributed by atoms with E-state index in [0.717, 1.165) is 11.3 Å². The molecule has 7 heteroatoms. The number of hydrogen-bond acceptors (Lipinski definition) is 6. The van der Waals surface area contributed by atoms with Crippen molar-refractivity contribution in [2.24, 2.45) is 0 Å². The average Bonchev–Trinajstić information content (AvgIpc) is 2.83. The van der Waals surface area contributed by atoms with Crippen molar-refractivity contribution in [3.63, 3.8) is 0 Å². The third kappa shape index (κ3) is 3.03. The SMILES string of the molecule is COc1ccccc1C=C1SC(=S)N(N2CCOCC2)C1=O. The Morgan fingerprint density at radius 2 is 2.05 bits per heavy atom. The number of hydrazine groups is 1. The molecule has 3 rings (SSSR count). The summed E-state index contributed by atoms with van der Waals surface area (Å²) < 4.78 is 11.2. The number of thioether (sulfide) groups is 1. The Labute approximate surface area is 138 Å². The minimum absolute atomic E-state index is 0.0807. The molecule has 0 N–H and O–H groups in total. The van der Waals surface area contributed by atoms with Crippen molar-refractivity contribution in [1.29, 1.82) is 0 Å². The molecule has 0 unspecified atom stereocenters. The van der Waals surface area contributed by atoms with Gasteiger partial charge in [0.15, 0.2) is 4.32 Å². The normalized spacial score (nSPS) is 21.7. The molecular weight excluding hydrogens is 320 g/mol. The summed E-state index contributed by atoms with van der Waals surface area (Å²) in [6.07, 6.45) is 1.83. The maximum Gasteiger partial charge on any atom is 0.280 e. The van der Waals surface area contributed by atoms with E-state index in [2.05, 4.69) is 0 Å². The van der Waals surface area contributed by atoms with E-state index in [1.807, 2.05) is 35.4 Å². The highest BCUT2D eigenvalue weighted by Crippen LogP contribution is 2.35. The van der Waals surface area contributed by atoms with E-state index < -0.39 is 0 Å². The molecule has 1 aromatic carbocycles. The smallest absolute Gasteiger partial charge is 0.280 e. The number of ether oxygens (including phenoxy) is 2. The minimum Gasteiger partial charge on any atom is -0.496 e. The molecule has 0 radical (unpaired) electrons. The predicted octanol–water partition coefficient (Wildman–Crippen LogP) is 2.14. The molecule has 2 fully saturated rings. The number of amides is 1. The molecule has 1 aromatic rings. The van der Waals surface area contributed by atoms with Crippen LogP contribution in [0.2, 0.25) is 0 Å². The fourth-order valence-electron chi connectivity index (χ4n) is 2.38. The van der Waals surface area contributed by atoms with Crippen molar-refractivity contribution in [3.05, 3.63) is 34.7 Å². The zero-order chi connectivity index (χ0) is 15.5. The topological polar surface area (TPSA) is 42.0 Å². The molecule has 0 aliphatic carbocycles. The van der Waals surface area contributed by atoms with Crippen molar-refractivity contribution in [2.75, 3.05) is 33.4 Å². The van der Waals surface area contributed by atoms with E-state index in [9.17, 15) is 4.79 Å². The van der Waals surface area contributed by atoms with Crippen molar-refractivity contribution >= 4 is 40.3 Å². The van der Waals surface area contributed by atoms with Gasteiger partial charge in [-0.3, -0.25) is 4.79 Å². The van der Waals surface area contributed by atoms with E-state index >= 15 is 0 Å². The van der Waals surface area contributed by atoms with Crippen LogP contribution in [0.15, 0.2) is 29.2 Å². The van der Waals surface area contributed by atoms with Crippen molar-refractivity contribution < 1.29 is 14.3 Å². The second-order valence-corrected chi connectivity index (χ2v) is 6.48. The number of morpholine rings is 1. The maximum atomic E-state index is 12.6. The molecule has 0 spiro atoms. The highest BCUT2D eigenvalue weighted by molar-refractivity contribution is 8.26. The summed E-state index contributed by atoms with van der Waals surface area (Å²) in [6, 6.07) is 7.60. The molecule has 2 heterocycles. The molecule has 1 amide bonds. The number of rotatable bonds is 3. The molecule has 5 nitrogen and oxygen atoms in total. The lowest BCUT2D eigenvalue weighted by atomic mass is 10.2. The van der Waals surface area contributed by atoms with Gasteiger partial charge in [0.05, 0.1) is 25.2 Å². The van der Waals surface area contributed by atoms with Crippen LogP contribution in [0.25, 0.3) is 6.08 Å². The summed E-state index contributed by atoms with van der Waals surface area (Å²) >= 11 is 6.69. The summed E-state index contributed by atoms with van der Waals surface area (Å²) in [5.74, 6) is 0.655. The lowest BCUT2D eigenvalue weighted by Gasteiger charge is -2.33. The molecule has 2 aliphatic rings. The number of benzene rings is 1. The number of hydrogen-bond donors (Lipinski definition) is 0. The van der Waals surface area contributed by atoms with Crippen LogP contribution in [0.1, 0.15) is 5.56 Å². The summed E-state index contributed by atoms with van der Waals surface area (Å²) in [4.78, 5) is 13.3. The zero-order valence-corrected chi connectivity index (χ0v) is 13.8. The number of carbonyl (C=O) groups is 1. The highest BCUT2D eigenvalue weighted by Gasteiger charge is 2.37. The monoisotopic (exact) mass is 336 g/mol. The Balaban J connectivity index is 1.85. The molecule has 116 valence electrons. The molecule has 2 saturated heterocycles. The van der Waals surface area contributed by atoms with Gasteiger partial charge in [0.25, 0.3) is 5.91 Å². The summed E-state index contributed by atoms with van der Waals surface area (Å²) in [5, 5.41) is 3.54.